The number of hydrogen-bond donors (Lipinski definition) is 2. The van der Waals surface area contributed by atoms with Crippen molar-refractivity contribution in [3.63, 3.8) is 0 Å². The highest BCUT2D eigenvalue weighted by atomic mass is 19.1. The maximum absolute atomic E-state index is 14.5. The highest BCUT2D eigenvalue weighted by molar-refractivity contribution is 6.12. The molecule has 2 aromatic carbocycles. The van der Waals surface area contributed by atoms with Crippen molar-refractivity contribution < 1.29 is 19.0 Å². The minimum absolute atomic E-state index is 0.145. The van der Waals surface area contributed by atoms with Gasteiger partial charge < -0.3 is 14.6 Å². The summed E-state index contributed by atoms with van der Waals surface area (Å²) >= 11 is 0. The van der Waals surface area contributed by atoms with E-state index < -0.39 is 5.82 Å². The molecular formula is C19H16FN3O3. The summed E-state index contributed by atoms with van der Waals surface area (Å²) in [6.45, 7) is 1.87. The van der Waals surface area contributed by atoms with Crippen LogP contribution in [-0.2, 0) is 0 Å². The van der Waals surface area contributed by atoms with E-state index in [-0.39, 0.29) is 11.3 Å². The number of aromatic hydroxyl groups is 1. The number of nitrogens with zero attached hydrogens (tertiary/aromatic N) is 2. The molecule has 0 saturated carbocycles. The van der Waals surface area contributed by atoms with Crippen LogP contribution >= 0.6 is 0 Å². The number of phenols is 1. The van der Waals surface area contributed by atoms with Gasteiger partial charge in [0.1, 0.15) is 11.6 Å². The van der Waals surface area contributed by atoms with Gasteiger partial charge in [-0.25, -0.2) is 9.37 Å². The number of aromatic amines is 1. The number of aryl methyl sites for hydroxylation is 1. The quantitative estimate of drug-likeness (QED) is 0.583. The van der Waals surface area contributed by atoms with Gasteiger partial charge in [-0.05, 0) is 31.2 Å². The number of aromatic nitrogens is 3. The van der Waals surface area contributed by atoms with Crippen LogP contribution in [0.15, 0.2) is 30.3 Å². The van der Waals surface area contributed by atoms with E-state index in [9.17, 15) is 9.50 Å². The predicted octanol–water partition coefficient (Wildman–Crippen LogP) is 3.95. The first-order valence-corrected chi connectivity index (χ1v) is 7.92. The zero-order valence-electron chi connectivity index (χ0n) is 14.4. The van der Waals surface area contributed by atoms with Gasteiger partial charge in [0, 0.05) is 27.8 Å². The molecule has 0 aliphatic rings. The lowest BCUT2D eigenvalue weighted by atomic mass is 10.00. The molecule has 26 heavy (non-hydrogen) atoms. The molecular weight excluding hydrogens is 337 g/mol. The van der Waals surface area contributed by atoms with Crippen molar-refractivity contribution in [1.82, 2.24) is 15.2 Å². The summed E-state index contributed by atoms with van der Waals surface area (Å²) in [5.74, 6) is 0.366. The van der Waals surface area contributed by atoms with Crippen molar-refractivity contribution in [2.24, 2.45) is 0 Å². The van der Waals surface area contributed by atoms with Crippen LogP contribution in [0.3, 0.4) is 0 Å². The molecule has 0 aliphatic heterocycles. The first kappa shape index (κ1) is 16.1. The van der Waals surface area contributed by atoms with E-state index in [0.29, 0.717) is 28.2 Å². The molecule has 2 heterocycles. The lowest BCUT2D eigenvalue weighted by Gasteiger charge is -2.13. The van der Waals surface area contributed by atoms with Crippen LogP contribution in [0.5, 0.6) is 17.2 Å². The summed E-state index contributed by atoms with van der Waals surface area (Å²) in [6, 6.07) is 7.59. The molecule has 2 aromatic heterocycles. The van der Waals surface area contributed by atoms with Crippen molar-refractivity contribution in [2.75, 3.05) is 14.2 Å². The fourth-order valence-corrected chi connectivity index (χ4v) is 3.18. The summed E-state index contributed by atoms with van der Waals surface area (Å²) in [5, 5.41) is 19.0. The fraction of sp³-hybridized carbons (Fsp3) is 0.158. The van der Waals surface area contributed by atoms with Crippen molar-refractivity contribution >= 4 is 21.8 Å². The lowest BCUT2D eigenvalue weighted by molar-refractivity contribution is 0.356. The SMILES string of the molecule is COc1cc2c(-c3ccc(O)cc3F)nc3[nH]nc(C)c3c2cc1OC. The van der Waals surface area contributed by atoms with E-state index in [0.717, 1.165) is 22.5 Å². The zero-order valence-corrected chi connectivity index (χ0v) is 14.4. The van der Waals surface area contributed by atoms with Gasteiger partial charge in [-0.2, -0.15) is 5.10 Å². The Morgan fingerprint density at radius 1 is 1.04 bits per heavy atom. The first-order chi connectivity index (χ1) is 12.5. The molecule has 0 unspecified atom stereocenters. The number of phenolic OH excluding ortho intramolecular Hbond substituents is 1. The average molecular weight is 353 g/mol. The van der Waals surface area contributed by atoms with Crippen molar-refractivity contribution in [3.8, 4) is 28.5 Å². The number of halogens is 1. The summed E-state index contributed by atoms with van der Waals surface area (Å²) < 4.78 is 25.3. The van der Waals surface area contributed by atoms with E-state index in [2.05, 4.69) is 15.2 Å². The molecule has 132 valence electrons. The molecule has 0 aliphatic carbocycles. The Kier molecular flexibility index (Phi) is 3.64. The second-order valence-corrected chi connectivity index (χ2v) is 5.91. The molecule has 6 nitrogen and oxygen atoms in total. The Bertz CT molecular complexity index is 1150. The van der Waals surface area contributed by atoms with Crippen LogP contribution < -0.4 is 9.47 Å². The summed E-state index contributed by atoms with van der Waals surface area (Å²) in [7, 11) is 3.10. The molecule has 0 atom stereocenters. The molecule has 0 saturated heterocycles. The van der Waals surface area contributed by atoms with E-state index in [1.807, 2.05) is 13.0 Å². The molecule has 0 fully saturated rings. The largest absolute Gasteiger partial charge is 0.508 e. The third-order valence-corrected chi connectivity index (χ3v) is 4.41. The Labute approximate surface area is 148 Å². The van der Waals surface area contributed by atoms with Gasteiger partial charge in [-0.15, -0.1) is 0 Å². The minimum atomic E-state index is -0.566. The fourth-order valence-electron chi connectivity index (χ4n) is 3.18. The van der Waals surface area contributed by atoms with E-state index in [1.165, 1.54) is 12.1 Å². The molecule has 0 amide bonds. The molecule has 0 radical (unpaired) electrons. The van der Waals surface area contributed by atoms with Crippen LogP contribution in [-0.4, -0.2) is 34.5 Å². The van der Waals surface area contributed by atoms with Crippen molar-refractivity contribution in [1.29, 1.82) is 0 Å². The Morgan fingerprint density at radius 2 is 1.73 bits per heavy atom. The number of nitrogens with one attached hydrogen (secondary N) is 1. The van der Waals surface area contributed by atoms with Crippen molar-refractivity contribution in [3.05, 3.63) is 41.8 Å². The molecule has 4 rings (SSSR count). The van der Waals surface area contributed by atoms with Crippen molar-refractivity contribution in [2.45, 2.75) is 6.92 Å². The monoisotopic (exact) mass is 353 g/mol. The first-order valence-electron chi connectivity index (χ1n) is 7.92. The van der Waals surface area contributed by atoms with Gasteiger partial charge in [0.25, 0.3) is 0 Å². The van der Waals surface area contributed by atoms with Gasteiger partial charge >= 0.3 is 0 Å². The predicted molar refractivity (Wildman–Crippen MR) is 96.3 cm³/mol. The highest BCUT2D eigenvalue weighted by Gasteiger charge is 2.19. The third-order valence-electron chi connectivity index (χ3n) is 4.41. The Balaban J connectivity index is 2.17. The number of rotatable bonds is 3. The number of hydrogen-bond acceptors (Lipinski definition) is 5. The smallest absolute Gasteiger partial charge is 0.161 e. The van der Waals surface area contributed by atoms with Gasteiger partial charge in [0.05, 0.1) is 25.6 Å². The number of H-pyrrole nitrogens is 1. The molecule has 0 bridgehead atoms. The average Bonchev–Trinajstić information content (AvgIpc) is 3.01. The van der Waals surface area contributed by atoms with Gasteiger partial charge in [-0.3, -0.25) is 5.10 Å². The summed E-state index contributed by atoms with van der Waals surface area (Å²) in [5.41, 5.74) is 2.02. The van der Waals surface area contributed by atoms with Crippen LogP contribution in [0.1, 0.15) is 5.69 Å². The maximum atomic E-state index is 14.5. The van der Waals surface area contributed by atoms with E-state index in [1.54, 1.807) is 20.3 Å². The molecule has 4 aromatic rings. The van der Waals surface area contributed by atoms with Gasteiger partial charge in [0.2, 0.25) is 0 Å². The lowest BCUT2D eigenvalue weighted by Crippen LogP contribution is -1.95. The van der Waals surface area contributed by atoms with Crippen LogP contribution in [0.25, 0.3) is 33.1 Å². The van der Waals surface area contributed by atoms with Gasteiger partial charge in [0.15, 0.2) is 17.1 Å². The van der Waals surface area contributed by atoms with Crippen LogP contribution in [0.2, 0.25) is 0 Å². The van der Waals surface area contributed by atoms with E-state index in [4.69, 9.17) is 9.47 Å². The third kappa shape index (κ3) is 2.32. The summed E-state index contributed by atoms with van der Waals surface area (Å²) in [4.78, 5) is 4.58. The number of fused-ring (bicyclic) bond motifs is 3. The Hall–Kier alpha value is -3.35. The standard InChI is InChI=1S/C19H16FN3O3/c1-9-17-12-7-15(25-2)16(26-3)8-13(12)18(21-19(17)23-22-9)11-5-4-10(24)6-14(11)20/h4-8,24H,1-3H3,(H,21,22,23). The number of ether oxygens (including phenoxy) is 2. The van der Waals surface area contributed by atoms with Gasteiger partial charge in [-0.1, -0.05) is 0 Å². The minimum Gasteiger partial charge on any atom is -0.508 e. The Morgan fingerprint density at radius 3 is 2.38 bits per heavy atom. The topological polar surface area (TPSA) is 80.3 Å². The number of pyridine rings is 1. The maximum Gasteiger partial charge on any atom is 0.161 e. The van der Waals surface area contributed by atoms with E-state index >= 15 is 0 Å². The highest BCUT2D eigenvalue weighted by Crippen LogP contribution is 2.40. The summed E-state index contributed by atoms with van der Waals surface area (Å²) in [6.07, 6.45) is 0. The normalized spacial score (nSPS) is 11.2. The number of benzene rings is 2. The second-order valence-electron chi connectivity index (χ2n) is 5.91. The zero-order chi connectivity index (χ0) is 18.4. The van der Waals surface area contributed by atoms with Crippen LogP contribution in [0.4, 0.5) is 4.39 Å². The number of methoxy groups -OCH3 is 2. The second kappa shape index (κ2) is 5.87. The van der Waals surface area contributed by atoms with Crippen LogP contribution in [0, 0.1) is 12.7 Å². The molecule has 7 heteroatoms. The molecule has 2 N–H and O–H groups in total. The molecule has 0 spiro atoms.